The number of nitrogens with one attached hydrogen (secondary N) is 1. The van der Waals surface area contributed by atoms with E-state index in [0.29, 0.717) is 13.0 Å². The number of rotatable bonds is 5. The SMILES string of the molecule is O=C(Nc1ccc(S(=O)(=O)N2CCCC[C@@H]2c2cccnc2)cc1)c1c(F)cccc1F. The summed E-state index contributed by atoms with van der Waals surface area (Å²) >= 11 is 0. The van der Waals surface area contributed by atoms with Gasteiger partial charge in [0.2, 0.25) is 10.0 Å². The van der Waals surface area contributed by atoms with E-state index < -0.39 is 33.1 Å². The maximum atomic E-state index is 13.8. The topological polar surface area (TPSA) is 79.4 Å². The van der Waals surface area contributed by atoms with E-state index in [2.05, 4.69) is 10.3 Å². The highest BCUT2D eigenvalue weighted by Gasteiger charge is 2.34. The molecule has 1 aromatic heterocycles. The molecule has 0 unspecified atom stereocenters. The minimum absolute atomic E-state index is 0.0726. The number of carbonyl (C=O) groups is 1. The lowest BCUT2D eigenvalue weighted by atomic mass is 9.99. The predicted octanol–water partition coefficient (Wildman–Crippen LogP) is 4.53. The van der Waals surface area contributed by atoms with Crippen molar-refractivity contribution in [3.63, 3.8) is 0 Å². The Morgan fingerprint density at radius 1 is 1.00 bits per heavy atom. The minimum atomic E-state index is -3.80. The Kier molecular flexibility index (Phi) is 6.29. The number of hydrogen-bond donors (Lipinski definition) is 1. The van der Waals surface area contributed by atoms with Gasteiger partial charge in [0, 0.05) is 24.6 Å². The number of amides is 1. The molecule has 1 aliphatic rings. The van der Waals surface area contributed by atoms with E-state index in [1.165, 1.54) is 34.6 Å². The summed E-state index contributed by atoms with van der Waals surface area (Å²) in [6, 6.07) is 12.0. The molecule has 0 aliphatic carbocycles. The third kappa shape index (κ3) is 4.39. The lowest BCUT2D eigenvalue weighted by molar-refractivity contribution is 0.101. The van der Waals surface area contributed by atoms with Crippen molar-refractivity contribution in [2.45, 2.75) is 30.2 Å². The highest BCUT2D eigenvalue weighted by molar-refractivity contribution is 7.89. The molecule has 166 valence electrons. The fourth-order valence-corrected chi connectivity index (χ4v) is 5.54. The van der Waals surface area contributed by atoms with Crippen molar-refractivity contribution in [3.05, 3.63) is 89.8 Å². The van der Waals surface area contributed by atoms with Crippen LogP contribution in [0, 0.1) is 11.6 Å². The molecule has 1 saturated heterocycles. The van der Waals surface area contributed by atoms with Crippen molar-refractivity contribution in [1.29, 1.82) is 0 Å². The summed E-state index contributed by atoms with van der Waals surface area (Å²) in [5, 5.41) is 2.40. The summed E-state index contributed by atoms with van der Waals surface area (Å²) in [6.07, 6.45) is 5.71. The van der Waals surface area contributed by atoms with E-state index in [4.69, 9.17) is 0 Å². The molecule has 2 heterocycles. The Hall–Kier alpha value is -3.17. The Bertz CT molecular complexity index is 1200. The normalized spacial score (nSPS) is 17.1. The standard InChI is InChI=1S/C23H21F2N3O3S/c24-19-6-3-7-20(25)22(19)23(29)27-17-9-11-18(12-10-17)32(30,31)28-14-2-1-8-21(28)16-5-4-13-26-15-16/h3-7,9-13,15,21H,1-2,8,14H2,(H,27,29)/t21-/m1/s1. The molecule has 0 radical (unpaired) electrons. The summed E-state index contributed by atoms with van der Waals surface area (Å²) in [6.45, 7) is 0.396. The van der Waals surface area contributed by atoms with Crippen molar-refractivity contribution in [2.75, 3.05) is 11.9 Å². The maximum absolute atomic E-state index is 13.8. The molecule has 3 aromatic rings. The number of pyridine rings is 1. The molecule has 9 heteroatoms. The lowest BCUT2D eigenvalue weighted by Crippen LogP contribution is -2.38. The molecule has 2 aromatic carbocycles. The Labute approximate surface area is 185 Å². The molecule has 0 spiro atoms. The third-order valence-electron chi connectivity index (χ3n) is 5.43. The number of sulfonamides is 1. The molecule has 32 heavy (non-hydrogen) atoms. The maximum Gasteiger partial charge on any atom is 0.261 e. The zero-order chi connectivity index (χ0) is 22.7. The van der Waals surface area contributed by atoms with Crippen LogP contribution in [-0.2, 0) is 10.0 Å². The molecule has 0 bridgehead atoms. The van der Waals surface area contributed by atoms with E-state index in [9.17, 15) is 22.0 Å². The highest BCUT2D eigenvalue weighted by Crippen LogP contribution is 2.35. The van der Waals surface area contributed by atoms with Gasteiger partial charge in [0.25, 0.3) is 5.91 Å². The van der Waals surface area contributed by atoms with Crippen LogP contribution in [0.5, 0.6) is 0 Å². The van der Waals surface area contributed by atoms with Gasteiger partial charge in [-0.1, -0.05) is 18.6 Å². The quantitative estimate of drug-likeness (QED) is 0.611. The van der Waals surface area contributed by atoms with Crippen LogP contribution in [0.3, 0.4) is 0 Å². The van der Waals surface area contributed by atoms with Crippen molar-refractivity contribution in [1.82, 2.24) is 9.29 Å². The molecule has 1 amide bonds. The van der Waals surface area contributed by atoms with E-state index in [-0.39, 0.29) is 16.6 Å². The van der Waals surface area contributed by atoms with Gasteiger partial charge in [0.05, 0.1) is 10.9 Å². The lowest BCUT2D eigenvalue weighted by Gasteiger charge is -2.34. The van der Waals surface area contributed by atoms with Gasteiger partial charge in [-0.25, -0.2) is 17.2 Å². The second-order valence-corrected chi connectivity index (χ2v) is 9.38. The minimum Gasteiger partial charge on any atom is -0.322 e. The third-order valence-corrected chi connectivity index (χ3v) is 7.35. The number of benzene rings is 2. The molecule has 1 fully saturated rings. The Morgan fingerprint density at radius 2 is 1.72 bits per heavy atom. The van der Waals surface area contributed by atoms with E-state index in [1.54, 1.807) is 18.5 Å². The van der Waals surface area contributed by atoms with Gasteiger partial charge in [-0.3, -0.25) is 9.78 Å². The number of piperidine rings is 1. The van der Waals surface area contributed by atoms with Gasteiger partial charge in [-0.15, -0.1) is 0 Å². The summed E-state index contributed by atoms with van der Waals surface area (Å²) in [5.41, 5.74) is 0.363. The number of aromatic nitrogens is 1. The van der Waals surface area contributed by atoms with E-state index >= 15 is 0 Å². The van der Waals surface area contributed by atoms with Crippen LogP contribution in [0.25, 0.3) is 0 Å². The van der Waals surface area contributed by atoms with Gasteiger partial charge in [-0.05, 0) is 60.9 Å². The zero-order valence-electron chi connectivity index (χ0n) is 17.0. The van der Waals surface area contributed by atoms with Crippen LogP contribution in [0.2, 0.25) is 0 Å². The van der Waals surface area contributed by atoms with Gasteiger partial charge in [0.15, 0.2) is 0 Å². The van der Waals surface area contributed by atoms with E-state index in [1.807, 2.05) is 6.07 Å². The second-order valence-electron chi connectivity index (χ2n) is 7.49. The van der Waals surface area contributed by atoms with E-state index in [0.717, 1.165) is 30.5 Å². The molecule has 1 atom stereocenters. The Balaban J connectivity index is 1.55. The first-order valence-corrected chi connectivity index (χ1v) is 11.6. The molecule has 1 N–H and O–H groups in total. The second kappa shape index (κ2) is 9.13. The predicted molar refractivity (Wildman–Crippen MR) is 115 cm³/mol. The fraction of sp³-hybridized carbons (Fsp3) is 0.217. The van der Waals surface area contributed by atoms with Crippen LogP contribution in [-0.4, -0.2) is 30.2 Å². The number of nitrogens with zero attached hydrogens (tertiary/aromatic N) is 2. The van der Waals surface area contributed by atoms with Crippen LogP contribution < -0.4 is 5.32 Å². The zero-order valence-corrected chi connectivity index (χ0v) is 17.9. The highest BCUT2D eigenvalue weighted by atomic mass is 32.2. The van der Waals surface area contributed by atoms with Crippen molar-refractivity contribution in [3.8, 4) is 0 Å². The monoisotopic (exact) mass is 457 g/mol. The smallest absolute Gasteiger partial charge is 0.261 e. The van der Waals surface area contributed by atoms with Gasteiger partial charge in [0.1, 0.15) is 17.2 Å². The number of halogens is 2. The molecular weight excluding hydrogens is 436 g/mol. The summed E-state index contributed by atoms with van der Waals surface area (Å²) in [7, 11) is -3.80. The first-order valence-electron chi connectivity index (χ1n) is 10.1. The van der Waals surface area contributed by atoms with Crippen LogP contribution in [0.15, 0.2) is 71.9 Å². The van der Waals surface area contributed by atoms with Gasteiger partial charge in [-0.2, -0.15) is 4.31 Å². The molecule has 0 saturated carbocycles. The van der Waals surface area contributed by atoms with Crippen molar-refractivity contribution in [2.24, 2.45) is 0 Å². The largest absolute Gasteiger partial charge is 0.322 e. The van der Waals surface area contributed by atoms with Crippen LogP contribution in [0.4, 0.5) is 14.5 Å². The average Bonchev–Trinajstić information content (AvgIpc) is 2.80. The number of carbonyl (C=O) groups excluding carboxylic acids is 1. The summed E-state index contributed by atoms with van der Waals surface area (Å²) < 4.78 is 55.8. The Morgan fingerprint density at radius 3 is 2.38 bits per heavy atom. The molecular formula is C23H21F2N3O3S. The van der Waals surface area contributed by atoms with Crippen LogP contribution in [0.1, 0.15) is 41.2 Å². The first kappa shape index (κ1) is 22.0. The van der Waals surface area contributed by atoms with Crippen molar-refractivity contribution < 1.29 is 22.0 Å². The molecule has 6 nitrogen and oxygen atoms in total. The van der Waals surface area contributed by atoms with Gasteiger partial charge < -0.3 is 5.32 Å². The number of anilines is 1. The molecule has 4 rings (SSSR count). The average molecular weight is 458 g/mol. The first-order chi connectivity index (χ1) is 15.4. The van der Waals surface area contributed by atoms with Crippen LogP contribution >= 0.6 is 0 Å². The molecule has 1 aliphatic heterocycles. The summed E-state index contributed by atoms with van der Waals surface area (Å²) in [5.74, 6) is -2.91. The van der Waals surface area contributed by atoms with Crippen molar-refractivity contribution >= 4 is 21.6 Å². The number of hydrogen-bond acceptors (Lipinski definition) is 4. The van der Waals surface area contributed by atoms with Gasteiger partial charge >= 0.3 is 0 Å². The fourth-order valence-electron chi connectivity index (χ4n) is 3.85. The summed E-state index contributed by atoms with van der Waals surface area (Å²) in [4.78, 5) is 16.4.